The summed E-state index contributed by atoms with van der Waals surface area (Å²) in [5.74, 6) is -1.13. The minimum Gasteiger partial charge on any atom is -0.410 e. The summed E-state index contributed by atoms with van der Waals surface area (Å²) < 4.78 is 4.65. The van der Waals surface area contributed by atoms with Crippen molar-refractivity contribution >= 4 is 11.9 Å². The number of benzene rings is 1. The van der Waals surface area contributed by atoms with Gasteiger partial charge in [0.1, 0.15) is 0 Å². The van der Waals surface area contributed by atoms with E-state index in [1.54, 1.807) is 0 Å². The Hall–Kier alpha value is -1.72. The van der Waals surface area contributed by atoms with Gasteiger partial charge in [-0.05, 0) is 5.56 Å². The molecule has 5 heteroatoms. The first-order chi connectivity index (χ1) is 8.13. The maximum atomic E-state index is 11.2. The van der Waals surface area contributed by atoms with Crippen LogP contribution in [-0.2, 0) is 16.0 Å². The second-order valence-electron chi connectivity index (χ2n) is 3.53. The zero-order chi connectivity index (χ0) is 12.7. The Balaban J connectivity index is 2.42. The molecule has 0 aliphatic heterocycles. The number of hydrogen-bond acceptors (Lipinski definition) is 5. The fourth-order valence-electron chi connectivity index (χ4n) is 1.25. The van der Waals surface area contributed by atoms with Gasteiger partial charge in [-0.3, -0.25) is 5.41 Å². The Labute approximate surface area is 99.2 Å². The molecule has 1 atom stereocenters. The van der Waals surface area contributed by atoms with Crippen LogP contribution in [0.4, 0.5) is 0 Å². The zero-order valence-electron chi connectivity index (χ0n) is 9.30. The third kappa shape index (κ3) is 4.76. The molecule has 0 bridgehead atoms. The number of nitrogens with one attached hydrogen (secondary N) is 1. The summed E-state index contributed by atoms with van der Waals surface area (Å²) in [5.41, 5.74) is 0.849. The number of carbonyl (C=O) groups excluding carboxylic acids is 1. The molecular weight excluding hydrogens is 222 g/mol. The number of carbonyl (C=O) groups is 1. The number of ether oxygens (including phenoxy) is 1. The van der Waals surface area contributed by atoms with Crippen LogP contribution >= 0.6 is 0 Å². The van der Waals surface area contributed by atoms with Gasteiger partial charge in [-0.15, -0.1) is 0 Å². The average molecular weight is 237 g/mol. The van der Waals surface area contributed by atoms with E-state index in [0.717, 1.165) is 5.56 Å². The Morgan fingerprint density at radius 1 is 1.35 bits per heavy atom. The minimum atomic E-state index is -1.38. The maximum Gasteiger partial charge on any atom is 0.341 e. The number of esters is 1. The Bertz CT molecular complexity index is 377. The summed E-state index contributed by atoms with van der Waals surface area (Å²) in [6.45, 7) is -0.303. The molecule has 0 amide bonds. The molecule has 1 aromatic rings. The normalized spacial score (nSPS) is 11.9. The summed E-state index contributed by atoms with van der Waals surface area (Å²) in [6, 6.07) is 9.12. The summed E-state index contributed by atoms with van der Waals surface area (Å²) in [7, 11) is 0. The van der Waals surface area contributed by atoms with Crippen molar-refractivity contribution in [2.75, 3.05) is 6.61 Å². The Morgan fingerprint density at radius 2 is 2.00 bits per heavy atom. The Kier molecular flexibility index (Phi) is 5.32. The van der Waals surface area contributed by atoms with Crippen molar-refractivity contribution < 1.29 is 19.7 Å². The molecule has 0 radical (unpaired) electrons. The van der Waals surface area contributed by atoms with Crippen molar-refractivity contribution in [1.82, 2.24) is 0 Å². The maximum absolute atomic E-state index is 11.2. The van der Waals surface area contributed by atoms with Crippen LogP contribution in [0.25, 0.3) is 0 Å². The molecule has 0 aromatic heterocycles. The standard InChI is InChI=1S/C12H15NO4/c13-11(8-9-4-2-1-3-5-9)17-12(16)10(15)6-7-14/h1-5,10,13-15H,6-8H2. The van der Waals surface area contributed by atoms with E-state index in [2.05, 4.69) is 4.74 Å². The van der Waals surface area contributed by atoms with Gasteiger partial charge in [0, 0.05) is 19.4 Å². The first kappa shape index (κ1) is 13.3. The van der Waals surface area contributed by atoms with Crippen LogP contribution < -0.4 is 0 Å². The molecule has 1 rings (SSSR count). The van der Waals surface area contributed by atoms with Gasteiger partial charge in [-0.2, -0.15) is 0 Å². The van der Waals surface area contributed by atoms with Crippen molar-refractivity contribution in [3.05, 3.63) is 35.9 Å². The van der Waals surface area contributed by atoms with Crippen molar-refractivity contribution in [3.8, 4) is 0 Å². The van der Waals surface area contributed by atoms with Gasteiger partial charge < -0.3 is 14.9 Å². The van der Waals surface area contributed by atoms with Crippen molar-refractivity contribution in [2.45, 2.75) is 18.9 Å². The summed E-state index contributed by atoms with van der Waals surface area (Å²) in [6.07, 6.45) is -1.27. The van der Waals surface area contributed by atoms with Crippen LogP contribution in [0.15, 0.2) is 30.3 Å². The summed E-state index contributed by atoms with van der Waals surface area (Å²) >= 11 is 0. The lowest BCUT2D eigenvalue weighted by atomic mass is 10.1. The molecule has 0 heterocycles. The summed E-state index contributed by atoms with van der Waals surface area (Å²) in [4.78, 5) is 11.2. The fourth-order valence-corrected chi connectivity index (χ4v) is 1.25. The first-order valence-corrected chi connectivity index (χ1v) is 5.25. The van der Waals surface area contributed by atoms with E-state index >= 15 is 0 Å². The molecule has 0 saturated carbocycles. The zero-order valence-corrected chi connectivity index (χ0v) is 9.30. The van der Waals surface area contributed by atoms with Gasteiger partial charge in [-0.25, -0.2) is 4.79 Å². The van der Waals surface area contributed by atoms with Gasteiger partial charge in [-0.1, -0.05) is 30.3 Å². The second kappa shape index (κ2) is 6.78. The molecule has 92 valence electrons. The van der Waals surface area contributed by atoms with E-state index < -0.39 is 12.1 Å². The smallest absolute Gasteiger partial charge is 0.341 e. The SMILES string of the molecule is N=C(Cc1ccccc1)OC(=O)C(O)CCO. The lowest BCUT2D eigenvalue weighted by Gasteiger charge is -2.09. The quantitative estimate of drug-likeness (QED) is 0.395. The third-order valence-corrected chi connectivity index (χ3v) is 2.11. The van der Waals surface area contributed by atoms with E-state index in [-0.39, 0.29) is 25.3 Å². The summed E-state index contributed by atoms with van der Waals surface area (Å²) in [5, 5.41) is 25.2. The topological polar surface area (TPSA) is 90.6 Å². The van der Waals surface area contributed by atoms with E-state index in [9.17, 15) is 9.90 Å². The molecule has 3 N–H and O–H groups in total. The molecule has 0 saturated heterocycles. The van der Waals surface area contributed by atoms with Crippen molar-refractivity contribution in [1.29, 1.82) is 5.41 Å². The number of hydrogen-bond donors (Lipinski definition) is 3. The van der Waals surface area contributed by atoms with Crippen molar-refractivity contribution in [2.24, 2.45) is 0 Å². The van der Waals surface area contributed by atoms with Crippen LogP contribution in [-0.4, -0.2) is 34.8 Å². The van der Waals surface area contributed by atoms with Crippen LogP contribution in [0.2, 0.25) is 0 Å². The van der Waals surface area contributed by atoms with Gasteiger partial charge >= 0.3 is 5.97 Å². The highest BCUT2D eigenvalue weighted by Gasteiger charge is 2.17. The van der Waals surface area contributed by atoms with Crippen LogP contribution in [0, 0.1) is 5.41 Å². The predicted molar refractivity (Wildman–Crippen MR) is 61.7 cm³/mol. The largest absolute Gasteiger partial charge is 0.410 e. The van der Waals surface area contributed by atoms with Gasteiger partial charge in [0.15, 0.2) is 12.0 Å². The molecule has 0 spiro atoms. The van der Waals surface area contributed by atoms with E-state index in [1.807, 2.05) is 30.3 Å². The molecule has 17 heavy (non-hydrogen) atoms. The number of aliphatic hydroxyl groups is 2. The van der Waals surface area contributed by atoms with E-state index in [0.29, 0.717) is 0 Å². The fraction of sp³-hybridized carbons (Fsp3) is 0.333. The van der Waals surface area contributed by atoms with Crippen LogP contribution in [0.1, 0.15) is 12.0 Å². The molecule has 0 aliphatic rings. The van der Waals surface area contributed by atoms with Gasteiger partial charge in [0.25, 0.3) is 0 Å². The monoisotopic (exact) mass is 237 g/mol. The molecule has 5 nitrogen and oxygen atoms in total. The first-order valence-electron chi connectivity index (χ1n) is 5.25. The highest BCUT2D eigenvalue weighted by molar-refractivity contribution is 5.90. The third-order valence-electron chi connectivity index (χ3n) is 2.11. The number of aliphatic hydroxyl groups excluding tert-OH is 2. The second-order valence-corrected chi connectivity index (χ2v) is 3.53. The average Bonchev–Trinajstić information content (AvgIpc) is 2.30. The number of rotatable bonds is 5. The van der Waals surface area contributed by atoms with E-state index in [4.69, 9.17) is 10.5 Å². The van der Waals surface area contributed by atoms with Crippen molar-refractivity contribution in [3.63, 3.8) is 0 Å². The molecule has 1 aromatic carbocycles. The molecule has 0 fully saturated rings. The van der Waals surface area contributed by atoms with Crippen LogP contribution in [0.3, 0.4) is 0 Å². The highest BCUT2D eigenvalue weighted by Crippen LogP contribution is 2.02. The highest BCUT2D eigenvalue weighted by atomic mass is 16.6. The van der Waals surface area contributed by atoms with Gasteiger partial charge in [0.05, 0.1) is 0 Å². The van der Waals surface area contributed by atoms with E-state index in [1.165, 1.54) is 0 Å². The van der Waals surface area contributed by atoms with Crippen LogP contribution in [0.5, 0.6) is 0 Å². The van der Waals surface area contributed by atoms with Gasteiger partial charge in [0.2, 0.25) is 0 Å². The lowest BCUT2D eigenvalue weighted by molar-refractivity contribution is -0.145. The minimum absolute atomic E-state index is 0.0859. The predicted octanol–water partition coefficient (Wildman–Crippen LogP) is 0.493. The lowest BCUT2D eigenvalue weighted by Crippen LogP contribution is -2.27. The Morgan fingerprint density at radius 3 is 2.59 bits per heavy atom. The molecule has 1 unspecified atom stereocenters. The molecule has 0 aliphatic carbocycles. The molecular formula is C12H15NO4.